The van der Waals surface area contributed by atoms with Gasteiger partial charge in [-0.05, 0) is 52.3 Å². The average molecular weight is 221 g/mol. The number of hydrogen-bond acceptors (Lipinski definition) is 2. The highest BCUT2D eigenvalue weighted by molar-refractivity contribution is 5.37. The average Bonchev–Trinajstić information content (AvgIpc) is 2.27. The van der Waals surface area contributed by atoms with Crippen LogP contribution in [0.25, 0.3) is 0 Å². The van der Waals surface area contributed by atoms with Crippen LogP contribution in [0.15, 0.2) is 18.2 Å². The van der Waals surface area contributed by atoms with Gasteiger partial charge in [-0.3, -0.25) is 0 Å². The number of methoxy groups -OCH3 is 1. The second-order valence-electron chi connectivity index (χ2n) is 4.95. The minimum Gasteiger partial charge on any atom is -0.496 e. The Labute approximate surface area is 99.0 Å². The van der Waals surface area contributed by atoms with E-state index in [1.807, 2.05) is 7.05 Å². The molecule has 0 fully saturated rings. The van der Waals surface area contributed by atoms with E-state index in [2.05, 4.69) is 44.3 Å². The van der Waals surface area contributed by atoms with Crippen molar-refractivity contribution in [2.45, 2.75) is 39.2 Å². The van der Waals surface area contributed by atoms with Crippen molar-refractivity contribution in [2.75, 3.05) is 14.2 Å². The van der Waals surface area contributed by atoms with Crippen molar-refractivity contribution >= 4 is 0 Å². The van der Waals surface area contributed by atoms with Crippen LogP contribution in [0.3, 0.4) is 0 Å². The molecule has 0 bridgehead atoms. The molecule has 90 valence electrons. The summed E-state index contributed by atoms with van der Waals surface area (Å²) >= 11 is 0. The molecule has 0 saturated heterocycles. The summed E-state index contributed by atoms with van der Waals surface area (Å²) in [7, 11) is 3.74. The molecular formula is C14H23NO. The molecule has 16 heavy (non-hydrogen) atoms. The van der Waals surface area contributed by atoms with E-state index in [0.717, 1.165) is 18.6 Å². The smallest absolute Gasteiger partial charge is 0.122 e. The second-order valence-corrected chi connectivity index (χ2v) is 4.95. The summed E-state index contributed by atoms with van der Waals surface area (Å²) in [6.45, 7) is 6.55. The van der Waals surface area contributed by atoms with Crippen molar-refractivity contribution in [2.24, 2.45) is 0 Å². The zero-order chi connectivity index (χ0) is 12.2. The van der Waals surface area contributed by atoms with Crippen molar-refractivity contribution in [1.29, 1.82) is 0 Å². The lowest BCUT2D eigenvalue weighted by Gasteiger charge is -2.24. The Bertz CT molecular complexity index is 345. The van der Waals surface area contributed by atoms with Crippen LogP contribution in [0.5, 0.6) is 5.75 Å². The molecule has 0 aliphatic rings. The van der Waals surface area contributed by atoms with Gasteiger partial charge in [-0.1, -0.05) is 17.7 Å². The Kier molecular flexibility index (Phi) is 4.36. The normalized spacial score (nSPS) is 11.6. The first-order valence-corrected chi connectivity index (χ1v) is 5.81. The monoisotopic (exact) mass is 221 g/mol. The molecule has 2 heteroatoms. The van der Waals surface area contributed by atoms with Gasteiger partial charge in [0.15, 0.2) is 0 Å². The predicted octanol–water partition coefficient (Wildman–Crippen LogP) is 2.93. The minimum atomic E-state index is 0.175. The first-order chi connectivity index (χ1) is 7.48. The van der Waals surface area contributed by atoms with Gasteiger partial charge in [-0.15, -0.1) is 0 Å². The fourth-order valence-corrected chi connectivity index (χ4v) is 1.67. The fraction of sp³-hybridized carbons (Fsp3) is 0.571. The quantitative estimate of drug-likeness (QED) is 0.825. The van der Waals surface area contributed by atoms with Gasteiger partial charge in [0.2, 0.25) is 0 Å². The summed E-state index contributed by atoms with van der Waals surface area (Å²) in [4.78, 5) is 0. The van der Waals surface area contributed by atoms with E-state index in [-0.39, 0.29) is 5.54 Å². The van der Waals surface area contributed by atoms with Crippen LogP contribution < -0.4 is 10.1 Å². The zero-order valence-corrected chi connectivity index (χ0v) is 11.1. The fourth-order valence-electron chi connectivity index (χ4n) is 1.67. The van der Waals surface area contributed by atoms with Gasteiger partial charge >= 0.3 is 0 Å². The van der Waals surface area contributed by atoms with E-state index in [9.17, 15) is 0 Å². The molecule has 0 heterocycles. The molecule has 0 aromatic heterocycles. The Morgan fingerprint density at radius 2 is 2.00 bits per heavy atom. The Morgan fingerprint density at radius 3 is 2.56 bits per heavy atom. The van der Waals surface area contributed by atoms with Crippen molar-refractivity contribution in [3.8, 4) is 5.75 Å². The molecular weight excluding hydrogens is 198 g/mol. The molecule has 0 aliphatic heterocycles. The topological polar surface area (TPSA) is 21.3 Å². The van der Waals surface area contributed by atoms with Crippen LogP contribution in [-0.2, 0) is 6.42 Å². The largest absolute Gasteiger partial charge is 0.496 e. The number of rotatable bonds is 5. The highest BCUT2D eigenvalue weighted by Gasteiger charge is 2.15. The van der Waals surface area contributed by atoms with Crippen LogP contribution in [0.4, 0.5) is 0 Å². The van der Waals surface area contributed by atoms with Gasteiger partial charge in [0.1, 0.15) is 5.75 Å². The maximum atomic E-state index is 5.38. The molecule has 0 radical (unpaired) electrons. The standard InChI is InChI=1S/C14H23NO/c1-11-6-7-13(16-5)12(10-11)8-9-14(2,3)15-4/h6-7,10,15H,8-9H2,1-5H3. The van der Waals surface area contributed by atoms with Crippen LogP contribution in [0, 0.1) is 6.92 Å². The summed E-state index contributed by atoms with van der Waals surface area (Å²) in [5.74, 6) is 0.998. The van der Waals surface area contributed by atoms with Crippen molar-refractivity contribution in [3.63, 3.8) is 0 Å². The number of nitrogens with one attached hydrogen (secondary N) is 1. The Morgan fingerprint density at radius 1 is 1.31 bits per heavy atom. The third-order valence-electron chi connectivity index (χ3n) is 3.13. The first kappa shape index (κ1) is 13.0. The number of aryl methyl sites for hydroxylation is 2. The van der Waals surface area contributed by atoms with E-state index in [1.54, 1.807) is 7.11 Å². The summed E-state index contributed by atoms with van der Waals surface area (Å²) in [5, 5.41) is 3.32. The van der Waals surface area contributed by atoms with Gasteiger partial charge in [-0.2, -0.15) is 0 Å². The lowest BCUT2D eigenvalue weighted by atomic mass is 9.94. The SMILES string of the molecule is CNC(C)(C)CCc1cc(C)ccc1OC. The Balaban J connectivity index is 2.76. The number of benzene rings is 1. The molecule has 0 amide bonds. The van der Waals surface area contributed by atoms with Gasteiger partial charge in [0.25, 0.3) is 0 Å². The van der Waals surface area contributed by atoms with Crippen LogP contribution in [0.2, 0.25) is 0 Å². The molecule has 0 spiro atoms. The van der Waals surface area contributed by atoms with Crippen LogP contribution in [0.1, 0.15) is 31.4 Å². The number of ether oxygens (including phenoxy) is 1. The van der Waals surface area contributed by atoms with Crippen molar-refractivity contribution in [3.05, 3.63) is 29.3 Å². The van der Waals surface area contributed by atoms with E-state index in [4.69, 9.17) is 4.74 Å². The van der Waals surface area contributed by atoms with E-state index in [0.29, 0.717) is 0 Å². The molecule has 1 aromatic rings. The highest BCUT2D eigenvalue weighted by atomic mass is 16.5. The molecule has 1 rings (SSSR count). The minimum absolute atomic E-state index is 0.175. The summed E-state index contributed by atoms with van der Waals surface area (Å²) in [6.07, 6.45) is 2.14. The van der Waals surface area contributed by atoms with Gasteiger partial charge in [-0.25, -0.2) is 0 Å². The van der Waals surface area contributed by atoms with Gasteiger partial charge < -0.3 is 10.1 Å². The molecule has 0 atom stereocenters. The van der Waals surface area contributed by atoms with E-state index < -0.39 is 0 Å². The summed E-state index contributed by atoms with van der Waals surface area (Å²) in [6, 6.07) is 6.35. The molecule has 0 unspecified atom stereocenters. The third kappa shape index (κ3) is 3.53. The maximum Gasteiger partial charge on any atom is 0.122 e. The molecule has 0 aliphatic carbocycles. The summed E-state index contributed by atoms with van der Waals surface area (Å²) < 4.78 is 5.38. The van der Waals surface area contributed by atoms with Crippen molar-refractivity contribution in [1.82, 2.24) is 5.32 Å². The van der Waals surface area contributed by atoms with E-state index in [1.165, 1.54) is 11.1 Å². The second kappa shape index (κ2) is 5.35. The molecule has 1 N–H and O–H groups in total. The third-order valence-corrected chi connectivity index (χ3v) is 3.13. The molecule has 2 nitrogen and oxygen atoms in total. The van der Waals surface area contributed by atoms with Crippen LogP contribution in [-0.4, -0.2) is 19.7 Å². The maximum absolute atomic E-state index is 5.38. The Hall–Kier alpha value is -1.02. The lowest BCUT2D eigenvalue weighted by Crippen LogP contribution is -2.36. The van der Waals surface area contributed by atoms with Gasteiger partial charge in [0, 0.05) is 5.54 Å². The first-order valence-electron chi connectivity index (χ1n) is 5.81. The van der Waals surface area contributed by atoms with Crippen molar-refractivity contribution < 1.29 is 4.74 Å². The number of hydrogen-bond donors (Lipinski definition) is 1. The molecule has 1 aromatic carbocycles. The van der Waals surface area contributed by atoms with E-state index >= 15 is 0 Å². The zero-order valence-electron chi connectivity index (χ0n) is 11.1. The highest BCUT2D eigenvalue weighted by Crippen LogP contribution is 2.23. The lowest BCUT2D eigenvalue weighted by molar-refractivity contribution is 0.381. The van der Waals surface area contributed by atoms with Gasteiger partial charge in [0.05, 0.1) is 7.11 Å². The predicted molar refractivity (Wildman–Crippen MR) is 69.2 cm³/mol. The van der Waals surface area contributed by atoms with Crippen LogP contribution >= 0.6 is 0 Å². The summed E-state index contributed by atoms with van der Waals surface area (Å²) in [5.41, 5.74) is 2.76. The molecule has 0 saturated carbocycles.